The Kier molecular flexibility index (Phi) is 5.47. The van der Waals surface area contributed by atoms with Crippen molar-refractivity contribution in [3.05, 3.63) is 24.3 Å². The van der Waals surface area contributed by atoms with Crippen molar-refractivity contribution in [3.63, 3.8) is 0 Å². The Morgan fingerprint density at radius 3 is 2.00 bits per heavy atom. The van der Waals surface area contributed by atoms with Crippen LogP contribution in [0.3, 0.4) is 0 Å². The highest BCUT2D eigenvalue weighted by Crippen LogP contribution is 2.28. The summed E-state index contributed by atoms with van der Waals surface area (Å²) in [5.41, 5.74) is 0. The quantitative estimate of drug-likeness (QED) is 0.829. The van der Waals surface area contributed by atoms with Crippen LogP contribution in [0, 0.1) is 0 Å². The molecule has 0 heterocycles. The van der Waals surface area contributed by atoms with Crippen LogP contribution >= 0.6 is 0 Å². The van der Waals surface area contributed by atoms with Crippen molar-refractivity contribution >= 4 is 9.84 Å². The van der Waals surface area contributed by atoms with Gasteiger partial charge in [0.15, 0.2) is 9.84 Å². The Balaban J connectivity index is 0.00000121. The highest BCUT2D eigenvalue weighted by molar-refractivity contribution is 7.90. The summed E-state index contributed by atoms with van der Waals surface area (Å²) in [5, 5.41) is 0. The minimum absolute atomic E-state index is 0.484. The van der Waals surface area contributed by atoms with Gasteiger partial charge in [-0.25, -0.2) is 8.42 Å². The molecule has 0 fully saturated rings. The summed E-state index contributed by atoms with van der Waals surface area (Å²) in [7, 11) is -3.73. The Morgan fingerprint density at radius 1 is 1.12 bits per heavy atom. The van der Waals surface area contributed by atoms with Crippen LogP contribution in [0.2, 0.25) is 0 Å². The first-order valence-corrected chi connectivity index (χ1v) is 6.64. The van der Waals surface area contributed by atoms with Crippen molar-refractivity contribution in [1.29, 1.82) is 0 Å². The lowest BCUT2D eigenvalue weighted by molar-refractivity contribution is -0.275. The van der Waals surface area contributed by atoms with Crippen LogP contribution < -0.4 is 4.74 Å². The maximum Gasteiger partial charge on any atom is 0.573 e. The van der Waals surface area contributed by atoms with Gasteiger partial charge in [-0.2, -0.15) is 0 Å². The zero-order chi connectivity index (χ0) is 13.7. The average Bonchev–Trinajstić information content (AvgIpc) is 2.17. The smallest absolute Gasteiger partial charge is 0.404 e. The number of hydrogen-bond acceptors (Lipinski definition) is 3. The van der Waals surface area contributed by atoms with E-state index in [1.807, 2.05) is 13.8 Å². The van der Waals surface area contributed by atoms with Crippen LogP contribution in [-0.2, 0) is 9.84 Å². The highest BCUT2D eigenvalue weighted by Gasteiger charge is 2.33. The van der Waals surface area contributed by atoms with Gasteiger partial charge in [-0.15, -0.1) is 13.2 Å². The molecular weight excluding hydrogens is 257 g/mol. The van der Waals surface area contributed by atoms with Crippen molar-refractivity contribution in [2.45, 2.75) is 25.1 Å². The fourth-order valence-corrected chi connectivity index (χ4v) is 1.77. The fourth-order valence-electron chi connectivity index (χ4n) is 0.965. The summed E-state index contributed by atoms with van der Waals surface area (Å²) in [6.07, 6.45) is -4.09. The Labute approximate surface area is 98.1 Å². The number of ether oxygens (including phenoxy) is 1. The Bertz CT molecular complexity index is 452. The molecule has 0 N–H and O–H groups in total. The molecule has 0 saturated heterocycles. The van der Waals surface area contributed by atoms with Gasteiger partial charge in [0.25, 0.3) is 0 Å². The monoisotopic (exact) mass is 270 g/mol. The van der Waals surface area contributed by atoms with E-state index in [4.69, 9.17) is 0 Å². The lowest BCUT2D eigenvalue weighted by atomic mass is 10.3. The van der Waals surface area contributed by atoms with Gasteiger partial charge in [-0.3, -0.25) is 0 Å². The molecule has 0 radical (unpaired) electrons. The third kappa shape index (κ3) is 5.58. The van der Waals surface area contributed by atoms with Crippen molar-refractivity contribution in [3.8, 4) is 5.75 Å². The van der Waals surface area contributed by atoms with Crippen LogP contribution in [-0.4, -0.2) is 21.0 Å². The summed E-state index contributed by atoms with van der Waals surface area (Å²) in [4.78, 5) is -0.484. The summed E-state index contributed by atoms with van der Waals surface area (Å²) < 4.78 is 61.4. The topological polar surface area (TPSA) is 43.4 Å². The molecule has 0 aliphatic heterocycles. The van der Waals surface area contributed by atoms with Gasteiger partial charge in [-0.1, -0.05) is 26.0 Å². The van der Waals surface area contributed by atoms with Gasteiger partial charge in [0.1, 0.15) is 10.6 Å². The predicted molar refractivity (Wildman–Crippen MR) is 57.6 cm³/mol. The van der Waals surface area contributed by atoms with Gasteiger partial charge in [0, 0.05) is 6.26 Å². The number of benzene rings is 1. The van der Waals surface area contributed by atoms with Gasteiger partial charge < -0.3 is 4.74 Å². The van der Waals surface area contributed by atoms with Crippen LogP contribution in [0.5, 0.6) is 5.75 Å². The minimum Gasteiger partial charge on any atom is -0.404 e. The zero-order valence-electron chi connectivity index (χ0n) is 9.58. The van der Waals surface area contributed by atoms with Crippen molar-refractivity contribution in [1.82, 2.24) is 0 Å². The van der Waals surface area contributed by atoms with Crippen molar-refractivity contribution < 1.29 is 26.3 Å². The van der Waals surface area contributed by atoms with E-state index in [1.165, 1.54) is 12.1 Å². The molecule has 1 rings (SSSR count). The van der Waals surface area contributed by atoms with Crippen molar-refractivity contribution in [2.24, 2.45) is 0 Å². The molecule has 1 aromatic rings. The van der Waals surface area contributed by atoms with E-state index in [9.17, 15) is 21.6 Å². The summed E-state index contributed by atoms with van der Waals surface area (Å²) >= 11 is 0. The maximum atomic E-state index is 11.9. The lowest BCUT2D eigenvalue weighted by Crippen LogP contribution is -2.18. The predicted octanol–water partition coefficient (Wildman–Crippen LogP) is 3.01. The highest BCUT2D eigenvalue weighted by atomic mass is 32.2. The van der Waals surface area contributed by atoms with Gasteiger partial charge >= 0.3 is 6.36 Å². The SMILES string of the molecule is CC.CS(=O)(=O)c1ccccc1OC(F)(F)F. The Morgan fingerprint density at radius 2 is 1.59 bits per heavy atom. The summed E-state index contributed by atoms with van der Waals surface area (Å²) in [5.74, 6) is -0.715. The molecule has 3 nitrogen and oxygen atoms in total. The molecule has 98 valence electrons. The molecular formula is C10H13F3O3S. The first kappa shape index (κ1) is 15.8. The summed E-state index contributed by atoms with van der Waals surface area (Å²) in [6, 6.07) is 4.58. The minimum atomic E-state index is -4.90. The van der Waals surface area contributed by atoms with Crippen LogP contribution in [0.25, 0.3) is 0 Å². The molecule has 1 aromatic carbocycles. The standard InChI is InChI=1S/C8H7F3O3S.C2H6/c1-15(12,13)7-5-3-2-4-6(7)14-8(9,10)11;1-2/h2-5H,1H3;1-2H3. The number of halogens is 3. The Hall–Kier alpha value is -1.24. The van der Waals surface area contributed by atoms with Gasteiger partial charge in [0.05, 0.1) is 0 Å². The van der Waals surface area contributed by atoms with Crippen LogP contribution in [0.4, 0.5) is 13.2 Å². The first-order chi connectivity index (χ1) is 7.70. The van der Waals surface area contributed by atoms with Gasteiger partial charge in [0.2, 0.25) is 0 Å². The second-order valence-electron chi connectivity index (χ2n) is 2.77. The van der Waals surface area contributed by atoms with Gasteiger partial charge in [-0.05, 0) is 12.1 Å². The number of hydrogen-bond donors (Lipinski definition) is 0. The molecule has 0 bridgehead atoms. The molecule has 0 saturated carbocycles. The molecule has 0 unspecified atom stereocenters. The van der Waals surface area contributed by atoms with E-state index in [2.05, 4.69) is 4.74 Å². The summed E-state index contributed by atoms with van der Waals surface area (Å²) in [6.45, 7) is 4.00. The molecule has 0 spiro atoms. The zero-order valence-corrected chi connectivity index (χ0v) is 10.4. The maximum absolute atomic E-state index is 11.9. The van der Waals surface area contributed by atoms with E-state index in [-0.39, 0.29) is 0 Å². The molecule has 0 aliphatic rings. The average molecular weight is 270 g/mol. The van der Waals surface area contributed by atoms with E-state index in [0.717, 1.165) is 18.4 Å². The van der Waals surface area contributed by atoms with E-state index >= 15 is 0 Å². The van der Waals surface area contributed by atoms with Crippen LogP contribution in [0.15, 0.2) is 29.2 Å². The molecule has 0 aromatic heterocycles. The molecule has 17 heavy (non-hydrogen) atoms. The first-order valence-electron chi connectivity index (χ1n) is 4.75. The third-order valence-corrected chi connectivity index (χ3v) is 2.61. The number of rotatable bonds is 2. The second kappa shape index (κ2) is 5.90. The van der Waals surface area contributed by atoms with Crippen LogP contribution in [0.1, 0.15) is 13.8 Å². The normalized spacial score (nSPS) is 11.4. The van der Waals surface area contributed by atoms with E-state index in [1.54, 1.807) is 0 Å². The molecule has 0 aliphatic carbocycles. The second-order valence-corrected chi connectivity index (χ2v) is 4.75. The number of para-hydroxylation sites is 1. The lowest BCUT2D eigenvalue weighted by Gasteiger charge is -2.11. The fraction of sp³-hybridized carbons (Fsp3) is 0.400. The number of sulfone groups is 1. The number of alkyl halides is 3. The van der Waals surface area contributed by atoms with E-state index < -0.39 is 26.8 Å². The third-order valence-electron chi connectivity index (χ3n) is 1.47. The molecule has 0 atom stereocenters. The van der Waals surface area contributed by atoms with Crippen molar-refractivity contribution in [2.75, 3.05) is 6.26 Å². The van der Waals surface area contributed by atoms with E-state index in [0.29, 0.717) is 0 Å². The molecule has 7 heteroatoms. The largest absolute Gasteiger partial charge is 0.573 e. The molecule has 0 amide bonds.